The minimum Gasteiger partial charge on any atom is -0.493 e. The third-order valence-electron chi connectivity index (χ3n) is 8.63. The number of aliphatic carboxylic acids is 1. The molecule has 0 saturated carbocycles. The lowest BCUT2D eigenvalue weighted by Gasteiger charge is -2.30. The summed E-state index contributed by atoms with van der Waals surface area (Å²) in [5, 5.41) is 10.6. The number of aromatic nitrogens is 1. The zero-order valence-electron chi connectivity index (χ0n) is 25.0. The monoisotopic (exact) mass is 617 g/mol. The summed E-state index contributed by atoms with van der Waals surface area (Å²) in [4.78, 5) is 30.6. The van der Waals surface area contributed by atoms with E-state index in [0.29, 0.717) is 48.9 Å². The Hall–Kier alpha value is -3.42. The number of methoxy groups -OCH3 is 1. The predicted octanol–water partition coefficient (Wildman–Crippen LogP) is 1.98. The Morgan fingerprint density at radius 2 is 2.07 bits per heavy atom. The van der Waals surface area contributed by atoms with Crippen LogP contribution >= 0.6 is 0 Å². The normalized spacial score (nSPS) is 23.0. The number of hydrogen-bond acceptors (Lipinski definition) is 8. The van der Waals surface area contributed by atoms with Crippen molar-refractivity contribution in [2.75, 3.05) is 57.3 Å². The van der Waals surface area contributed by atoms with E-state index in [0.717, 1.165) is 18.5 Å². The van der Waals surface area contributed by atoms with Crippen LogP contribution in [0.1, 0.15) is 44.1 Å². The number of carboxylic acids is 1. The molecule has 2 aromatic rings. The molecule has 1 amide bonds. The Morgan fingerprint density at radius 1 is 1.26 bits per heavy atom. The maximum Gasteiger partial charge on any atom is 0.308 e. The van der Waals surface area contributed by atoms with Crippen LogP contribution in [0, 0.1) is 5.92 Å². The van der Waals surface area contributed by atoms with Crippen molar-refractivity contribution in [2.24, 2.45) is 13.0 Å². The van der Waals surface area contributed by atoms with Crippen LogP contribution in [0.25, 0.3) is 0 Å². The van der Waals surface area contributed by atoms with Gasteiger partial charge in [-0.15, -0.1) is 0 Å². The van der Waals surface area contributed by atoms with Crippen LogP contribution in [0.4, 0.5) is 5.69 Å². The maximum absolute atomic E-state index is 14.0. The zero-order valence-corrected chi connectivity index (χ0v) is 25.8. The highest BCUT2D eigenvalue weighted by molar-refractivity contribution is 7.89. The van der Waals surface area contributed by atoms with E-state index in [1.807, 2.05) is 41.0 Å². The number of ether oxygens (including phenoxy) is 3. The van der Waals surface area contributed by atoms with Crippen molar-refractivity contribution in [1.82, 2.24) is 9.21 Å². The number of hydrogen-bond donors (Lipinski definition) is 1. The van der Waals surface area contributed by atoms with E-state index in [-0.39, 0.29) is 38.0 Å². The van der Waals surface area contributed by atoms with Gasteiger partial charge in [-0.1, -0.05) is 13.3 Å². The molecule has 13 heteroatoms. The fourth-order valence-corrected chi connectivity index (χ4v) is 8.02. The van der Waals surface area contributed by atoms with Crippen molar-refractivity contribution in [3.8, 4) is 17.2 Å². The van der Waals surface area contributed by atoms with Crippen LogP contribution in [0.15, 0.2) is 36.7 Å². The van der Waals surface area contributed by atoms with Crippen molar-refractivity contribution in [3.63, 3.8) is 0 Å². The number of carbonyl (C=O) groups excluding carboxylic acids is 1. The maximum atomic E-state index is 14.0. The van der Waals surface area contributed by atoms with Crippen LogP contribution in [-0.2, 0) is 26.7 Å². The van der Waals surface area contributed by atoms with E-state index in [1.54, 1.807) is 17.0 Å². The summed E-state index contributed by atoms with van der Waals surface area (Å²) in [6.45, 7) is 3.57. The first-order valence-electron chi connectivity index (χ1n) is 14.8. The molecule has 4 heterocycles. The van der Waals surface area contributed by atoms with Gasteiger partial charge in [-0.2, -0.15) is 0 Å². The third kappa shape index (κ3) is 6.58. The molecule has 0 unspecified atom stereocenters. The van der Waals surface area contributed by atoms with Crippen molar-refractivity contribution in [1.29, 1.82) is 0 Å². The fraction of sp³-hybridized carbons (Fsp3) is 0.567. The predicted molar refractivity (Wildman–Crippen MR) is 158 cm³/mol. The Bertz CT molecular complexity index is 1450. The van der Waals surface area contributed by atoms with Gasteiger partial charge in [0.2, 0.25) is 28.5 Å². The number of carbonyl (C=O) groups is 2. The van der Waals surface area contributed by atoms with E-state index in [4.69, 9.17) is 14.2 Å². The van der Waals surface area contributed by atoms with Crippen molar-refractivity contribution in [3.05, 3.63) is 42.2 Å². The SMILES string of the molecule is CCCCN(C(=O)CN1C[C@H](c2cc(OC)c3c(c2)OCO3)[C@@H](C(=O)O)[C@@H]1CCN1CCCS1(=O)=O)c1ccc[n+](C)c1. The smallest absolute Gasteiger partial charge is 0.308 e. The molecule has 2 fully saturated rings. The quantitative estimate of drug-likeness (QED) is 0.356. The topological polar surface area (TPSA) is 130 Å². The van der Waals surface area contributed by atoms with Gasteiger partial charge in [-0.3, -0.25) is 14.5 Å². The lowest BCUT2D eigenvalue weighted by atomic mass is 9.84. The van der Waals surface area contributed by atoms with Crippen molar-refractivity contribution < 1.29 is 41.9 Å². The molecule has 1 aromatic heterocycles. The van der Waals surface area contributed by atoms with Gasteiger partial charge in [0.15, 0.2) is 23.9 Å². The van der Waals surface area contributed by atoms with Crippen molar-refractivity contribution >= 4 is 27.6 Å². The molecular formula is C30H41N4O8S+. The standard InChI is InChI=1S/C30H40N4O8S/c1-4-5-12-34(22-8-6-10-31(2)17-22)27(35)19-32-18-23(21-15-25(40-3)29-26(16-21)41-20-42-29)28(30(36)37)24(32)9-13-33-11-7-14-43(33,38)39/h6,8,10,15-17,23-24,28H,4-5,7,9,11-14,18-20H2,1-3H3/p+1/t23-,24+,28-/m1/s1. The number of aryl methyl sites for hydroxylation is 1. The molecule has 0 radical (unpaired) electrons. The minimum absolute atomic E-state index is 0.00169. The first-order chi connectivity index (χ1) is 20.6. The van der Waals surface area contributed by atoms with Crippen LogP contribution in [-0.4, -0.2) is 93.0 Å². The zero-order chi connectivity index (χ0) is 30.7. The van der Waals surface area contributed by atoms with Gasteiger partial charge in [0.05, 0.1) is 25.3 Å². The summed E-state index contributed by atoms with van der Waals surface area (Å²) in [5.41, 5.74) is 1.48. The second-order valence-corrected chi connectivity index (χ2v) is 13.5. The number of fused-ring (bicyclic) bond motifs is 1. The van der Waals surface area contributed by atoms with Gasteiger partial charge >= 0.3 is 5.97 Å². The molecule has 0 spiro atoms. The lowest BCUT2D eigenvalue weighted by molar-refractivity contribution is -0.670. The number of benzene rings is 1. The van der Waals surface area contributed by atoms with E-state index >= 15 is 0 Å². The van der Waals surface area contributed by atoms with Crippen molar-refractivity contribution in [2.45, 2.75) is 44.6 Å². The molecule has 3 aliphatic rings. The number of amides is 1. The first kappa shape index (κ1) is 31.0. The molecule has 1 aromatic carbocycles. The molecule has 3 aliphatic heterocycles. The highest BCUT2D eigenvalue weighted by atomic mass is 32.2. The second-order valence-electron chi connectivity index (χ2n) is 11.4. The molecule has 43 heavy (non-hydrogen) atoms. The highest BCUT2D eigenvalue weighted by Gasteiger charge is 2.48. The number of pyridine rings is 1. The highest BCUT2D eigenvalue weighted by Crippen LogP contribution is 2.47. The van der Waals surface area contributed by atoms with E-state index in [2.05, 4.69) is 6.92 Å². The molecule has 3 atom stereocenters. The number of rotatable bonds is 12. The van der Waals surface area contributed by atoms with E-state index < -0.39 is 33.9 Å². The van der Waals surface area contributed by atoms with Gasteiger partial charge in [0.25, 0.3) is 0 Å². The van der Waals surface area contributed by atoms with Gasteiger partial charge in [0.1, 0.15) is 12.7 Å². The molecule has 5 rings (SSSR count). The van der Waals surface area contributed by atoms with E-state index in [1.165, 1.54) is 11.4 Å². The van der Waals surface area contributed by atoms with Crippen LogP contribution in [0.5, 0.6) is 17.2 Å². The fourth-order valence-electron chi connectivity index (χ4n) is 6.48. The number of likely N-dealkylation sites (tertiary alicyclic amines) is 1. The number of carboxylic acid groups (broad SMARTS) is 1. The number of sulfonamides is 1. The lowest BCUT2D eigenvalue weighted by Crippen LogP contribution is -2.46. The minimum atomic E-state index is -3.36. The Labute approximate surface area is 252 Å². The Balaban J connectivity index is 1.47. The summed E-state index contributed by atoms with van der Waals surface area (Å²) >= 11 is 0. The molecule has 0 aliphatic carbocycles. The molecule has 1 N–H and O–H groups in total. The molecule has 2 saturated heterocycles. The molecule has 0 bridgehead atoms. The number of nitrogens with zero attached hydrogens (tertiary/aromatic N) is 4. The Kier molecular flexibility index (Phi) is 9.42. The second kappa shape index (κ2) is 13.1. The Morgan fingerprint density at radius 3 is 2.74 bits per heavy atom. The van der Waals surface area contributed by atoms with Gasteiger partial charge in [-0.05, 0) is 43.0 Å². The van der Waals surface area contributed by atoms with Gasteiger partial charge in [0, 0.05) is 44.2 Å². The van der Waals surface area contributed by atoms with E-state index in [9.17, 15) is 23.1 Å². The average Bonchev–Trinajstić information content (AvgIpc) is 3.68. The first-order valence-corrected chi connectivity index (χ1v) is 16.4. The molecule has 12 nitrogen and oxygen atoms in total. The third-order valence-corrected chi connectivity index (χ3v) is 10.6. The molecular weight excluding hydrogens is 576 g/mol. The number of unbranched alkanes of at least 4 members (excludes halogenated alkanes) is 1. The van der Waals surface area contributed by atoms with Crippen LogP contribution < -0.4 is 23.7 Å². The summed E-state index contributed by atoms with van der Waals surface area (Å²) in [5.74, 6) is -1.00. The van der Waals surface area contributed by atoms with Gasteiger partial charge < -0.3 is 24.2 Å². The largest absolute Gasteiger partial charge is 0.493 e. The average molecular weight is 618 g/mol. The molecule has 234 valence electrons. The summed E-state index contributed by atoms with van der Waals surface area (Å²) in [6.07, 6.45) is 6.37. The van der Waals surface area contributed by atoms with Crippen LogP contribution in [0.3, 0.4) is 0 Å². The summed E-state index contributed by atoms with van der Waals surface area (Å²) in [7, 11) is 0.0569. The van der Waals surface area contributed by atoms with Crippen LogP contribution in [0.2, 0.25) is 0 Å². The van der Waals surface area contributed by atoms with Gasteiger partial charge in [-0.25, -0.2) is 17.3 Å². The number of anilines is 1. The summed E-state index contributed by atoms with van der Waals surface area (Å²) < 4.78 is 45.2. The summed E-state index contributed by atoms with van der Waals surface area (Å²) in [6, 6.07) is 6.78.